The van der Waals surface area contributed by atoms with E-state index in [0.29, 0.717) is 65.8 Å². The highest BCUT2D eigenvalue weighted by Gasteiger charge is 2.32. The van der Waals surface area contributed by atoms with Crippen molar-refractivity contribution < 1.29 is 30.0 Å². The number of para-hydroxylation sites is 1. The Morgan fingerprint density at radius 3 is 2.23 bits per heavy atom. The van der Waals surface area contributed by atoms with Crippen molar-refractivity contribution in [2.75, 3.05) is 61.4 Å². The number of alkyl halides is 3. The summed E-state index contributed by atoms with van der Waals surface area (Å²) in [6, 6.07) is 9.91. The van der Waals surface area contributed by atoms with Gasteiger partial charge in [0.2, 0.25) is 20.0 Å². The normalized spacial score (nSPS) is 17.1. The number of halogens is 4. The summed E-state index contributed by atoms with van der Waals surface area (Å²) in [7, 11) is -6.94. The van der Waals surface area contributed by atoms with Crippen LogP contribution in [0.1, 0.15) is 23.2 Å². The quantitative estimate of drug-likeness (QED) is 0.364. The largest absolute Gasteiger partial charge is 0.416 e. The van der Waals surface area contributed by atoms with Crippen LogP contribution in [0.3, 0.4) is 0 Å². The molecule has 3 aromatic rings. The monoisotopic (exact) mass is 674 g/mol. The Kier molecular flexibility index (Phi) is 9.25. The third kappa shape index (κ3) is 7.50. The fourth-order valence-corrected chi connectivity index (χ4v) is 7.39. The number of fused-ring (bicyclic) bond motifs is 1. The first-order valence-electron chi connectivity index (χ1n) is 14.0. The molecule has 1 aromatic heterocycles. The molecule has 16 heteroatoms. The molecule has 240 valence electrons. The lowest BCUT2D eigenvalue weighted by molar-refractivity contribution is -0.137. The molecule has 0 amide bonds. The molecule has 5 rings (SSSR count). The molecule has 0 spiro atoms. The molecule has 2 aliphatic rings. The van der Waals surface area contributed by atoms with Crippen LogP contribution in [0.2, 0.25) is 5.02 Å². The van der Waals surface area contributed by atoms with Crippen molar-refractivity contribution in [1.82, 2.24) is 19.0 Å². The Labute approximate surface area is 260 Å². The maximum absolute atomic E-state index is 13.1. The van der Waals surface area contributed by atoms with Crippen LogP contribution in [0.4, 0.5) is 24.5 Å². The van der Waals surface area contributed by atoms with Crippen LogP contribution in [-0.4, -0.2) is 87.6 Å². The molecule has 2 aromatic carbocycles. The number of anilines is 2. The van der Waals surface area contributed by atoms with Crippen LogP contribution in [0.15, 0.2) is 42.5 Å². The van der Waals surface area contributed by atoms with E-state index in [1.807, 2.05) is 4.68 Å². The molecule has 0 saturated carbocycles. The van der Waals surface area contributed by atoms with Gasteiger partial charge >= 0.3 is 6.18 Å². The number of nitrogens with one attached hydrogen (secondary N) is 1. The van der Waals surface area contributed by atoms with Crippen molar-refractivity contribution in [2.45, 2.75) is 32.1 Å². The number of hydrogen-bond donors (Lipinski definition) is 1. The summed E-state index contributed by atoms with van der Waals surface area (Å²) < 4.78 is 93.5. The molecule has 0 aliphatic carbocycles. The van der Waals surface area contributed by atoms with E-state index in [-0.39, 0.29) is 6.54 Å². The van der Waals surface area contributed by atoms with Crippen molar-refractivity contribution in [2.24, 2.45) is 0 Å². The highest BCUT2D eigenvalue weighted by Crippen LogP contribution is 2.36. The highest BCUT2D eigenvalue weighted by atomic mass is 35.5. The van der Waals surface area contributed by atoms with E-state index in [4.69, 9.17) is 16.7 Å². The summed E-state index contributed by atoms with van der Waals surface area (Å²) in [5.41, 5.74) is 2.95. The van der Waals surface area contributed by atoms with E-state index in [0.717, 1.165) is 56.4 Å². The third-order valence-corrected chi connectivity index (χ3v) is 10.0. The predicted molar refractivity (Wildman–Crippen MR) is 165 cm³/mol. The van der Waals surface area contributed by atoms with Crippen molar-refractivity contribution in [3.63, 3.8) is 0 Å². The SMILES string of the molecule is CS(=O)(=O)Nc1cccc(Cl)c1N1CCN(CCCn2nc(-c3ccc(C(F)(F)F)cc3)c3c2CCN(S(C)(=O)=O)C3)CC1. The van der Waals surface area contributed by atoms with Crippen LogP contribution in [0.25, 0.3) is 11.3 Å². The topological polar surface area (TPSA) is 108 Å². The Hall–Kier alpha value is -2.85. The number of benzene rings is 2. The summed E-state index contributed by atoms with van der Waals surface area (Å²) in [5, 5.41) is 5.24. The van der Waals surface area contributed by atoms with Crippen molar-refractivity contribution in [1.29, 1.82) is 0 Å². The van der Waals surface area contributed by atoms with E-state index in [1.165, 1.54) is 16.4 Å². The zero-order valence-corrected chi connectivity index (χ0v) is 26.7. The number of aromatic nitrogens is 2. The molecule has 0 unspecified atom stereocenters. The summed E-state index contributed by atoms with van der Waals surface area (Å²) >= 11 is 6.46. The number of rotatable bonds is 9. The van der Waals surface area contributed by atoms with E-state index in [9.17, 15) is 30.0 Å². The fourth-order valence-electron chi connectivity index (χ4n) is 5.74. The first-order valence-corrected chi connectivity index (χ1v) is 18.2. The zero-order chi connectivity index (χ0) is 31.9. The Balaban J connectivity index is 1.27. The molecule has 44 heavy (non-hydrogen) atoms. The Morgan fingerprint density at radius 2 is 1.61 bits per heavy atom. The number of sulfonamides is 2. The second-order valence-corrected chi connectivity index (χ2v) is 15.2. The maximum Gasteiger partial charge on any atom is 0.416 e. The van der Waals surface area contributed by atoms with Gasteiger partial charge in [0.15, 0.2) is 0 Å². The van der Waals surface area contributed by atoms with Gasteiger partial charge in [0.25, 0.3) is 0 Å². The first kappa shape index (κ1) is 32.5. The lowest BCUT2D eigenvalue weighted by Gasteiger charge is -2.37. The summed E-state index contributed by atoms with van der Waals surface area (Å²) in [5.74, 6) is 0. The maximum atomic E-state index is 13.1. The second-order valence-electron chi connectivity index (χ2n) is 11.1. The molecule has 2 aliphatic heterocycles. The van der Waals surface area contributed by atoms with Crippen LogP contribution in [0, 0.1) is 0 Å². The molecule has 1 saturated heterocycles. The lowest BCUT2D eigenvalue weighted by atomic mass is 10.0. The van der Waals surface area contributed by atoms with Gasteiger partial charge in [0.05, 0.1) is 40.2 Å². The number of nitrogens with zero attached hydrogens (tertiary/aromatic N) is 5. The minimum atomic E-state index is -4.46. The average Bonchev–Trinajstić information content (AvgIpc) is 3.30. The second kappa shape index (κ2) is 12.5. The lowest BCUT2D eigenvalue weighted by Crippen LogP contribution is -2.47. The van der Waals surface area contributed by atoms with E-state index >= 15 is 0 Å². The van der Waals surface area contributed by atoms with Gasteiger partial charge in [-0.3, -0.25) is 14.3 Å². The minimum Gasteiger partial charge on any atom is -0.366 e. The summed E-state index contributed by atoms with van der Waals surface area (Å²) in [6.07, 6.45) is -1.01. The Morgan fingerprint density at radius 1 is 0.932 bits per heavy atom. The van der Waals surface area contributed by atoms with Gasteiger partial charge in [-0.15, -0.1) is 0 Å². The van der Waals surface area contributed by atoms with Crippen LogP contribution >= 0.6 is 11.6 Å². The van der Waals surface area contributed by atoms with Crippen LogP contribution in [-0.2, 0) is 45.7 Å². The van der Waals surface area contributed by atoms with Crippen molar-refractivity contribution in [3.8, 4) is 11.3 Å². The van der Waals surface area contributed by atoms with Crippen LogP contribution < -0.4 is 9.62 Å². The Bertz CT molecular complexity index is 1720. The van der Waals surface area contributed by atoms with Gasteiger partial charge in [-0.1, -0.05) is 29.8 Å². The number of hydrogen-bond acceptors (Lipinski definition) is 7. The molecule has 1 fully saturated rings. The van der Waals surface area contributed by atoms with Gasteiger partial charge in [-0.2, -0.15) is 22.6 Å². The third-order valence-electron chi connectivity index (χ3n) is 7.87. The molecule has 0 radical (unpaired) electrons. The van der Waals surface area contributed by atoms with Crippen molar-refractivity contribution >= 4 is 43.0 Å². The average molecular weight is 675 g/mol. The van der Waals surface area contributed by atoms with Crippen molar-refractivity contribution in [3.05, 3.63) is 64.3 Å². The molecular formula is C28H34ClF3N6O4S2. The van der Waals surface area contributed by atoms with E-state index < -0.39 is 31.8 Å². The van der Waals surface area contributed by atoms with Gasteiger partial charge < -0.3 is 4.90 Å². The molecular weight excluding hydrogens is 641 g/mol. The van der Waals surface area contributed by atoms with E-state index in [1.54, 1.807) is 18.2 Å². The number of piperazine rings is 1. The van der Waals surface area contributed by atoms with Crippen LogP contribution in [0.5, 0.6) is 0 Å². The van der Waals surface area contributed by atoms with Gasteiger partial charge in [-0.05, 0) is 30.7 Å². The smallest absolute Gasteiger partial charge is 0.366 e. The zero-order valence-electron chi connectivity index (χ0n) is 24.3. The fraction of sp³-hybridized carbons (Fsp3) is 0.464. The predicted octanol–water partition coefficient (Wildman–Crippen LogP) is 4.12. The molecule has 1 N–H and O–H groups in total. The van der Waals surface area contributed by atoms with Gasteiger partial charge in [-0.25, -0.2) is 16.8 Å². The molecule has 0 bridgehead atoms. The van der Waals surface area contributed by atoms with Gasteiger partial charge in [0, 0.05) is 75.6 Å². The summed E-state index contributed by atoms with van der Waals surface area (Å²) in [6.45, 7) is 4.54. The minimum absolute atomic E-state index is 0.116. The highest BCUT2D eigenvalue weighted by molar-refractivity contribution is 7.92. The standard InChI is InChI=1S/C28H34ClF3N6O4S2/c1-43(39,40)34-24-6-3-5-23(29)27(24)36-17-15-35(16-18-36)12-4-13-38-25-11-14-37(44(2,41)42)19-22(25)26(33-38)20-7-9-21(10-8-20)28(30,31)32/h3,5-10,34H,4,11-19H2,1-2H3. The molecule has 3 heterocycles. The molecule has 0 atom stereocenters. The van der Waals surface area contributed by atoms with E-state index in [2.05, 4.69) is 14.5 Å². The van der Waals surface area contributed by atoms with Gasteiger partial charge in [0.1, 0.15) is 0 Å². The molecule has 10 nitrogen and oxygen atoms in total. The first-order chi connectivity index (χ1) is 20.6. The number of aryl methyl sites for hydroxylation is 1. The summed E-state index contributed by atoms with van der Waals surface area (Å²) in [4.78, 5) is 4.37.